The second-order valence-corrected chi connectivity index (χ2v) is 4.77. The van der Waals surface area contributed by atoms with E-state index in [2.05, 4.69) is 14.8 Å². The molecule has 1 aromatic carbocycles. The van der Waals surface area contributed by atoms with E-state index in [1.165, 1.54) is 18.9 Å². The average Bonchev–Trinajstić information content (AvgIpc) is 2.91. The van der Waals surface area contributed by atoms with Gasteiger partial charge in [-0.2, -0.15) is 0 Å². The normalized spacial score (nSPS) is 20.3. The predicted molar refractivity (Wildman–Crippen MR) is 69.0 cm³/mol. The minimum atomic E-state index is -3.54. The molecule has 0 atom stereocenters. The van der Waals surface area contributed by atoms with E-state index in [1.54, 1.807) is 12.1 Å². The first-order valence-corrected chi connectivity index (χ1v) is 6.25. The molecule has 3 nitrogen and oxygen atoms in total. The Hall–Kier alpha value is -1.07. The summed E-state index contributed by atoms with van der Waals surface area (Å²) in [6.45, 7) is 0.535. The van der Waals surface area contributed by atoms with Gasteiger partial charge in [0.05, 0.1) is 0 Å². The van der Waals surface area contributed by atoms with Gasteiger partial charge in [0.1, 0.15) is 0 Å². The van der Waals surface area contributed by atoms with E-state index in [-0.39, 0.29) is 23.9 Å². The van der Waals surface area contributed by atoms with Gasteiger partial charge in [-0.3, -0.25) is 0 Å². The zero-order valence-corrected chi connectivity index (χ0v) is 11.1. The largest absolute Gasteiger partial charge is 0.586 e. The van der Waals surface area contributed by atoms with E-state index in [1.807, 2.05) is 0 Å². The van der Waals surface area contributed by atoms with Crippen molar-refractivity contribution in [2.24, 2.45) is 0 Å². The Balaban J connectivity index is 0.00000133. The standard InChI is InChI=1S/C13H15F2NO2.ClH/c14-13(15)17-11-7-3-4-9(12(11)18-13)8-16-10-5-1-2-6-10;/h3-4,7,10,16H,1-2,5-6,8H2;1H. The van der Waals surface area contributed by atoms with Crippen LogP contribution >= 0.6 is 12.4 Å². The molecule has 19 heavy (non-hydrogen) atoms. The Morgan fingerprint density at radius 1 is 1.21 bits per heavy atom. The summed E-state index contributed by atoms with van der Waals surface area (Å²) in [6.07, 6.45) is 1.25. The van der Waals surface area contributed by atoms with E-state index in [0.29, 0.717) is 12.6 Å². The maximum absolute atomic E-state index is 13.0. The Labute approximate surface area is 116 Å². The number of para-hydroxylation sites is 1. The molecule has 0 unspecified atom stereocenters. The smallest absolute Gasteiger partial charge is 0.395 e. The molecular formula is C13H16ClF2NO2. The molecule has 1 N–H and O–H groups in total. The van der Waals surface area contributed by atoms with Crippen LogP contribution in [-0.2, 0) is 6.54 Å². The van der Waals surface area contributed by atoms with Crippen LogP contribution in [0.5, 0.6) is 11.5 Å². The number of fused-ring (bicyclic) bond motifs is 1. The van der Waals surface area contributed by atoms with Crippen molar-refractivity contribution < 1.29 is 18.3 Å². The fourth-order valence-corrected chi connectivity index (χ4v) is 2.55. The van der Waals surface area contributed by atoms with Gasteiger partial charge in [0.25, 0.3) is 0 Å². The van der Waals surface area contributed by atoms with Crippen LogP contribution in [0.2, 0.25) is 0 Å². The third kappa shape index (κ3) is 3.09. The lowest BCUT2D eigenvalue weighted by atomic mass is 10.1. The van der Waals surface area contributed by atoms with Crippen LogP contribution in [0, 0.1) is 0 Å². The van der Waals surface area contributed by atoms with Crippen molar-refractivity contribution in [2.45, 2.75) is 44.6 Å². The molecule has 0 aromatic heterocycles. The molecule has 1 aromatic rings. The zero-order chi connectivity index (χ0) is 12.6. The number of rotatable bonds is 3. The van der Waals surface area contributed by atoms with Crippen molar-refractivity contribution >= 4 is 12.4 Å². The highest BCUT2D eigenvalue weighted by atomic mass is 35.5. The molecule has 0 amide bonds. The van der Waals surface area contributed by atoms with Crippen molar-refractivity contribution in [2.75, 3.05) is 0 Å². The lowest BCUT2D eigenvalue weighted by Gasteiger charge is -2.13. The maximum Gasteiger partial charge on any atom is 0.586 e. The second-order valence-electron chi connectivity index (χ2n) is 4.77. The molecule has 1 aliphatic carbocycles. The molecule has 0 radical (unpaired) electrons. The van der Waals surface area contributed by atoms with Crippen LogP contribution < -0.4 is 14.8 Å². The fraction of sp³-hybridized carbons (Fsp3) is 0.538. The number of hydrogen-bond donors (Lipinski definition) is 1. The second kappa shape index (κ2) is 5.51. The minimum absolute atomic E-state index is 0. The van der Waals surface area contributed by atoms with E-state index in [4.69, 9.17) is 0 Å². The Bertz CT molecular complexity index is 450. The van der Waals surface area contributed by atoms with E-state index in [0.717, 1.165) is 18.4 Å². The molecule has 3 rings (SSSR count). The molecule has 1 fully saturated rings. The van der Waals surface area contributed by atoms with Gasteiger partial charge < -0.3 is 14.8 Å². The van der Waals surface area contributed by atoms with Crippen LogP contribution in [-0.4, -0.2) is 12.3 Å². The summed E-state index contributed by atoms with van der Waals surface area (Å²) in [5.41, 5.74) is 0.719. The minimum Gasteiger partial charge on any atom is -0.395 e. The summed E-state index contributed by atoms with van der Waals surface area (Å²) in [5, 5.41) is 3.37. The fourth-order valence-electron chi connectivity index (χ4n) is 2.55. The summed E-state index contributed by atoms with van der Waals surface area (Å²) in [5.74, 6) is 0.277. The number of hydrogen-bond acceptors (Lipinski definition) is 3. The maximum atomic E-state index is 13.0. The molecule has 6 heteroatoms. The monoisotopic (exact) mass is 291 g/mol. The molecule has 1 saturated carbocycles. The zero-order valence-electron chi connectivity index (χ0n) is 10.3. The number of halogens is 3. The summed E-state index contributed by atoms with van der Waals surface area (Å²) in [7, 11) is 0. The van der Waals surface area contributed by atoms with Crippen LogP contribution in [0.15, 0.2) is 18.2 Å². The van der Waals surface area contributed by atoms with Crippen LogP contribution in [0.3, 0.4) is 0 Å². The molecular weight excluding hydrogens is 276 g/mol. The molecule has 0 saturated heterocycles. The highest BCUT2D eigenvalue weighted by Gasteiger charge is 2.44. The number of benzene rings is 1. The molecule has 0 spiro atoms. The van der Waals surface area contributed by atoms with Crippen molar-refractivity contribution in [1.82, 2.24) is 5.32 Å². The van der Waals surface area contributed by atoms with Crippen molar-refractivity contribution in [3.8, 4) is 11.5 Å². The average molecular weight is 292 g/mol. The van der Waals surface area contributed by atoms with Gasteiger partial charge in [-0.15, -0.1) is 21.2 Å². The first kappa shape index (κ1) is 14.3. The van der Waals surface area contributed by atoms with Crippen molar-refractivity contribution in [1.29, 1.82) is 0 Å². The molecule has 0 bridgehead atoms. The summed E-state index contributed by atoms with van der Waals surface area (Å²) >= 11 is 0. The van der Waals surface area contributed by atoms with Gasteiger partial charge in [-0.1, -0.05) is 25.0 Å². The van der Waals surface area contributed by atoms with Crippen molar-refractivity contribution in [3.05, 3.63) is 23.8 Å². The molecule has 1 heterocycles. The highest BCUT2D eigenvalue weighted by Crippen LogP contribution is 2.43. The first-order valence-electron chi connectivity index (χ1n) is 6.25. The summed E-state index contributed by atoms with van der Waals surface area (Å²) < 4.78 is 35.0. The van der Waals surface area contributed by atoms with Crippen LogP contribution in [0.1, 0.15) is 31.2 Å². The molecule has 1 aliphatic heterocycles. The van der Waals surface area contributed by atoms with E-state index >= 15 is 0 Å². The molecule has 106 valence electrons. The van der Waals surface area contributed by atoms with Crippen molar-refractivity contribution in [3.63, 3.8) is 0 Å². The van der Waals surface area contributed by atoms with Crippen LogP contribution in [0.4, 0.5) is 8.78 Å². The molecule has 2 aliphatic rings. The highest BCUT2D eigenvalue weighted by molar-refractivity contribution is 5.85. The van der Waals surface area contributed by atoms with Gasteiger partial charge in [0, 0.05) is 18.2 Å². The third-order valence-electron chi connectivity index (χ3n) is 3.45. The first-order chi connectivity index (χ1) is 8.64. The van der Waals surface area contributed by atoms with Gasteiger partial charge in [-0.05, 0) is 18.9 Å². The van der Waals surface area contributed by atoms with Gasteiger partial charge in [-0.25, -0.2) is 0 Å². The number of ether oxygens (including phenoxy) is 2. The number of nitrogens with one attached hydrogen (secondary N) is 1. The van der Waals surface area contributed by atoms with E-state index in [9.17, 15) is 8.78 Å². The summed E-state index contributed by atoms with van der Waals surface area (Å²) in [4.78, 5) is 0. The lowest BCUT2D eigenvalue weighted by molar-refractivity contribution is -0.286. The lowest BCUT2D eigenvalue weighted by Crippen LogP contribution is -2.27. The Kier molecular flexibility index (Phi) is 4.16. The third-order valence-corrected chi connectivity index (χ3v) is 3.45. The Morgan fingerprint density at radius 3 is 2.68 bits per heavy atom. The van der Waals surface area contributed by atoms with Gasteiger partial charge in [0.15, 0.2) is 11.5 Å². The van der Waals surface area contributed by atoms with Gasteiger partial charge >= 0.3 is 6.29 Å². The van der Waals surface area contributed by atoms with Crippen LogP contribution in [0.25, 0.3) is 0 Å². The number of alkyl halides is 2. The SMILES string of the molecule is Cl.FC1(F)Oc2cccc(CNC3CCCC3)c2O1. The van der Waals surface area contributed by atoms with Gasteiger partial charge in [0.2, 0.25) is 0 Å². The predicted octanol–water partition coefficient (Wildman–Crippen LogP) is 3.46. The topological polar surface area (TPSA) is 30.5 Å². The summed E-state index contributed by atoms with van der Waals surface area (Å²) in [6, 6.07) is 5.47. The quantitative estimate of drug-likeness (QED) is 0.925. The Morgan fingerprint density at radius 2 is 1.95 bits per heavy atom. The van der Waals surface area contributed by atoms with E-state index < -0.39 is 6.29 Å².